The molecule has 0 saturated heterocycles. The lowest BCUT2D eigenvalue weighted by atomic mass is 10.2. The van der Waals surface area contributed by atoms with E-state index in [4.69, 9.17) is 11.6 Å². The first-order chi connectivity index (χ1) is 5.11. The van der Waals surface area contributed by atoms with Gasteiger partial charge >= 0.3 is 0 Å². The molecule has 0 radical (unpaired) electrons. The fraction of sp³-hybridized carbons (Fsp3) is 0.125. The number of halogens is 2. The Balaban J connectivity index is 3.20. The zero-order chi connectivity index (χ0) is 8.43. The number of thiocarbonyl (C=S) groups is 1. The van der Waals surface area contributed by atoms with Gasteiger partial charge in [0.1, 0.15) is 10.1 Å². The number of hydrogen-bond acceptors (Lipinski definition) is 1. The lowest BCUT2D eigenvalue weighted by Crippen LogP contribution is -1.92. The van der Waals surface area contributed by atoms with E-state index in [1.807, 2.05) is 6.92 Å². The molecule has 0 aliphatic rings. The Labute approximate surface area is 75.0 Å². The van der Waals surface area contributed by atoms with Crippen LogP contribution in [0.15, 0.2) is 18.2 Å². The minimum Gasteiger partial charge on any atom is -0.206 e. The van der Waals surface area contributed by atoms with E-state index in [0.717, 1.165) is 5.56 Å². The smallest absolute Gasteiger partial charge is 0.133 e. The van der Waals surface area contributed by atoms with Crippen molar-refractivity contribution in [2.24, 2.45) is 0 Å². The molecule has 0 N–H and O–H groups in total. The second-order valence-electron chi connectivity index (χ2n) is 2.26. The van der Waals surface area contributed by atoms with Gasteiger partial charge in [0, 0.05) is 5.56 Å². The zero-order valence-electron chi connectivity index (χ0n) is 5.90. The molecule has 0 aliphatic heterocycles. The fourth-order valence-corrected chi connectivity index (χ4v) is 1.10. The van der Waals surface area contributed by atoms with Crippen LogP contribution < -0.4 is 0 Å². The SMILES string of the molecule is Cc1ccc(C(=S)Cl)c(F)c1. The van der Waals surface area contributed by atoms with Crippen molar-refractivity contribution < 1.29 is 4.39 Å². The van der Waals surface area contributed by atoms with E-state index >= 15 is 0 Å². The summed E-state index contributed by atoms with van der Waals surface area (Å²) in [5.74, 6) is -0.356. The third kappa shape index (κ3) is 1.98. The van der Waals surface area contributed by atoms with Crippen LogP contribution in [-0.4, -0.2) is 4.32 Å². The normalized spacial score (nSPS) is 9.73. The van der Waals surface area contributed by atoms with Crippen molar-refractivity contribution >= 4 is 28.1 Å². The summed E-state index contributed by atoms with van der Waals surface area (Å²) in [6, 6.07) is 4.76. The molecule has 0 nitrogen and oxygen atoms in total. The second-order valence-corrected chi connectivity index (χ2v) is 3.27. The first-order valence-corrected chi connectivity index (χ1v) is 3.86. The standard InChI is InChI=1S/C8H6ClFS/c1-5-2-3-6(8(9)11)7(10)4-5/h2-4H,1H3. The molecule has 0 saturated carbocycles. The highest BCUT2D eigenvalue weighted by Gasteiger charge is 2.04. The third-order valence-corrected chi connectivity index (χ3v) is 1.76. The first kappa shape index (κ1) is 8.62. The van der Waals surface area contributed by atoms with E-state index in [2.05, 4.69) is 12.2 Å². The van der Waals surface area contributed by atoms with E-state index in [1.165, 1.54) is 6.07 Å². The van der Waals surface area contributed by atoms with Gasteiger partial charge in [-0.25, -0.2) is 4.39 Å². The average Bonchev–Trinajstić information content (AvgIpc) is 1.85. The van der Waals surface area contributed by atoms with Crippen LogP contribution >= 0.6 is 23.8 Å². The van der Waals surface area contributed by atoms with Crippen LogP contribution in [0, 0.1) is 12.7 Å². The molecule has 0 spiro atoms. The van der Waals surface area contributed by atoms with Crippen LogP contribution in [0.5, 0.6) is 0 Å². The molecule has 1 aromatic rings. The van der Waals surface area contributed by atoms with Crippen molar-refractivity contribution in [3.8, 4) is 0 Å². The Bertz CT molecular complexity index is 296. The lowest BCUT2D eigenvalue weighted by Gasteiger charge is -1.98. The molecule has 3 heteroatoms. The van der Waals surface area contributed by atoms with Crippen molar-refractivity contribution in [2.45, 2.75) is 6.92 Å². The van der Waals surface area contributed by atoms with Crippen LogP contribution in [0.3, 0.4) is 0 Å². The quantitative estimate of drug-likeness (QED) is 0.482. The minimum atomic E-state index is -0.356. The molecule has 0 amide bonds. The van der Waals surface area contributed by atoms with Gasteiger partial charge < -0.3 is 0 Å². The molecule has 0 aliphatic carbocycles. The van der Waals surface area contributed by atoms with E-state index in [0.29, 0.717) is 5.56 Å². The van der Waals surface area contributed by atoms with Crippen LogP contribution in [0.2, 0.25) is 0 Å². The molecule has 1 rings (SSSR count). The molecule has 1 aromatic carbocycles. The molecule has 0 bridgehead atoms. The van der Waals surface area contributed by atoms with E-state index in [-0.39, 0.29) is 10.1 Å². The maximum absolute atomic E-state index is 12.9. The number of aryl methyl sites for hydroxylation is 1. The summed E-state index contributed by atoms with van der Waals surface area (Å²) in [5, 5.41) is 0. The van der Waals surface area contributed by atoms with Crippen molar-refractivity contribution in [1.29, 1.82) is 0 Å². The lowest BCUT2D eigenvalue weighted by molar-refractivity contribution is 0.625. The van der Waals surface area contributed by atoms with Crippen molar-refractivity contribution in [3.05, 3.63) is 35.1 Å². The van der Waals surface area contributed by atoms with Gasteiger partial charge in [-0.2, -0.15) is 0 Å². The van der Waals surface area contributed by atoms with Gasteiger partial charge in [0.2, 0.25) is 0 Å². The molecule has 0 fully saturated rings. The van der Waals surface area contributed by atoms with Gasteiger partial charge in [-0.3, -0.25) is 0 Å². The Kier molecular flexibility index (Phi) is 2.58. The van der Waals surface area contributed by atoms with E-state index < -0.39 is 0 Å². The average molecular weight is 189 g/mol. The molecule has 58 valence electrons. The molecule has 0 atom stereocenters. The summed E-state index contributed by atoms with van der Waals surface area (Å²) in [6.45, 7) is 1.81. The summed E-state index contributed by atoms with van der Waals surface area (Å²) >= 11 is 10.1. The minimum absolute atomic E-state index is 0.0718. The molecule has 0 unspecified atom stereocenters. The van der Waals surface area contributed by atoms with Gasteiger partial charge in [-0.1, -0.05) is 29.9 Å². The Morgan fingerprint density at radius 3 is 2.64 bits per heavy atom. The Hall–Kier alpha value is -0.470. The fourth-order valence-electron chi connectivity index (χ4n) is 0.780. The number of benzene rings is 1. The van der Waals surface area contributed by atoms with Gasteiger partial charge in [0.05, 0.1) is 0 Å². The number of rotatable bonds is 1. The highest BCUT2D eigenvalue weighted by molar-refractivity contribution is 7.83. The van der Waals surface area contributed by atoms with Gasteiger partial charge in [-0.15, -0.1) is 0 Å². The molecule has 0 aromatic heterocycles. The van der Waals surface area contributed by atoms with Crippen molar-refractivity contribution in [2.75, 3.05) is 0 Å². The van der Waals surface area contributed by atoms with Crippen LogP contribution in [0.25, 0.3) is 0 Å². The van der Waals surface area contributed by atoms with Gasteiger partial charge in [-0.05, 0) is 24.6 Å². The van der Waals surface area contributed by atoms with E-state index in [9.17, 15) is 4.39 Å². The summed E-state index contributed by atoms with van der Waals surface area (Å²) in [5.41, 5.74) is 1.16. The second kappa shape index (κ2) is 3.28. The largest absolute Gasteiger partial charge is 0.206 e. The van der Waals surface area contributed by atoms with E-state index in [1.54, 1.807) is 12.1 Å². The van der Waals surface area contributed by atoms with Crippen LogP contribution in [0.1, 0.15) is 11.1 Å². The molecule has 11 heavy (non-hydrogen) atoms. The number of hydrogen-bond donors (Lipinski definition) is 0. The maximum atomic E-state index is 12.9. The Morgan fingerprint density at radius 2 is 2.18 bits per heavy atom. The van der Waals surface area contributed by atoms with Crippen LogP contribution in [-0.2, 0) is 0 Å². The predicted octanol–water partition coefficient (Wildman–Crippen LogP) is 3.05. The zero-order valence-corrected chi connectivity index (χ0v) is 7.47. The first-order valence-electron chi connectivity index (χ1n) is 3.07. The summed E-state index contributed by atoms with van der Waals surface area (Å²) in [6.07, 6.45) is 0. The Morgan fingerprint density at radius 1 is 1.55 bits per heavy atom. The monoisotopic (exact) mass is 188 g/mol. The summed E-state index contributed by atoms with van der Waals surface area (Å²) < 4.78 is 13.0. The summed E-state index contributed by atoms with van der Waals surface area (Å²) in [7, 11) is 0. The third-order valence-electron chi connectivity index (χ3n) is 1.34. The van der Waals surface area contributed by atoms with Crippen molar-refractivity contribution in [3.63, 3.8) is 0 Å². The summed E-state index contributed by atoms with van der Waals surface area (Å²) in [4.78, 5) is 0. The van der Waals surface area contributed by atoms with Gasteiger partial charge in [0.25, 0.3) is 0 Å². The molecular weight excluding hydrogens is 183 g/mol. The molecular formula is C8H6ClFS. The topological polar surface area (TPSA) is 0 Å². The highest BCUT2D eigenvalue weighted by atomic mass is 35.5. The maximum Gasteiger partial charge on any atom is 0.133 e. The highest BCUT2D eigenvalue weighted by Crippen LogP contribution is 2.12. The predicted molar refractivity (Wildman–Crippen MR) is 48.7 cm³/mol. The van der Waals surface area contributed by atoms with Crippen LogP contribution in [0.4, 0.5) is 4.39 Å². The van der Waals surface area contributed by atoms with Crippen molar-refractivity contribution in [1.82, 2.24) is 0 Å². The van der Waals surface area contributed by atoms with Gasteiger partial charge in [0.15, 0.2) is 0 Å². The molecule has 0 heterocycles.